The number of hydrogen-bond donors (Lipinski definition) is 4. The van der Waals surface area contributed by atoms with Gasteiger partial charge < -0.3 is 16.4 Å². The van der Waals surface area contributed by atoms with E-state index in [1.165, 1.54) is 12.8 Å². The van der Waals surface area contributed by atoms with Gasteiger partial charge in [0.15, 0.2) is 0 Å². The van der Waals surface area contributed by atoms with E-state index < -0.39 is 0 Å². The fraction of sp³-hybridized carbons (Fsp3) is 0.261. The van der Waals surface area contributed by atoms with E-state index >= 15 is 0 Å². The van der Waals surface area contributed by atoms with Crippen LogP contribution in [-0.2, 0) is 4.79 Å². The maximum absolute atomic E-state index is 12.6. The van der Waals surface area contributed by atoms with E-state index in [9.17, 15) is 9.59 Å². The van der Waals surface area contributed by atoms with Gasteiger partial charge in [-0.15, -0.1) is 0 Å². The minimum atomic E-state index is -0.219. The number of carbonyl (C=O) groups is 1. The van der Waals surface area contributed by atoms with Crippen molar-refractivity contribution in [2.75, 3.05) is 11.9 Å². The summed E-state index contributed by atoms with van der Waals surface area (Å²) in [4.78, 5) is 24.5. The number of nitrogens with two attached hydrogens (primary N) is 1. The Kier molecular flexibility index (Phi) is 5.90. The van der Waals surface area contributed by atoms with Crippen molar-refractivity contribution in [1.82, 2.24) is 15.5 Å². The second-order valence-electron chi connectivity index (χ2n) is 7.50. The number of anilines is 1. The van der Waals surface area contributed by atoms with Crippen molar-refractivity contribution in [2.24, 2.45) is 5.73 Å². The molecule has 0 atom stereocenters. The standard InChI is InChI=1S/C23H25N5O2/c24-13-16(14-25-17-5-1-2-6-17)22(29)26-18-11-9-15(10-12-18)21-19-7-3-4-8-20(19)23(30)28-27-21/h3-4,7-12,14,17,25H,1-2,5-6,13,24H2,(H,26,29)(H,28,30)/b16-14+. The van der Waals surface area contributed by atoms with Gasteiger partial charge in [-0.25, -0.2) is 5.10 Å². The number of rotatable bonds is 6. The van der Waals surface area contributed by atoms with Crippen LogP contribution in [-0.4, -0.2) is 28.7 Å². The van der Waals surface area contributed by atoms with Gasteiger partial charge in [-0.3, -0.25) is 9.59 Å². The molecular weight excluding hydrogens is 378 g/mol. The number of fused-ring (bicyclic) bond motifs is 1. The van der Waals surface area contributed by atoms with Crippen molar-refractivity contribution >= 4 is 22.4 Å². The molecule has 4 rings (SSSR count). The van der Waals surface area contributed by atoms with E-state index in [0.717, 1.165) is 23.8 Å². The second-order valence-corrected chi connectivity index (χ2v) is 7.50. The minimum absolute atomic E-state index is 0.164. The largest absolute Gasteiger partial charge is 0.388 e. The molecule has 7 nitrogen and oxygen atoms in total. The molecular formula is C23H25N5O2. The first-order valence-corrected chi connectivity index (χ1v) is 10.2. The minimum Gasteiger partial charge on any atom is -0.388 e. The quantitative estimate of drug-likeness (QED) is 0.473. The summed E-state index contributed by atoms with van der Waals surface area (Å²) < 4.78 is 0. The van der Waals surface area contributed by atoms with Crippen LogP contribution in [0.3, 0.4) is 0 Å². The molecule has 1 saturated carbocycles. The normalized spacial score (nSPS) is 14.8. The first-order chi connectivity index (χ1) is 14.7. The first-order valence-electron chi connectivity index (χ1n) is 10.2. The molecule has 0 saturated heterocycles. The van der Waals surface area contributed by atoms with Crippen LogP contribution < -0.4 is 21.9 Å². The van der Waals surface area contributed by atoms with Crippen molar-refractivity contribution in [1.29, 1.82) is 0 Å². The Bertz CT molecular complexity index is 1130. The molecule has 1 amide bonds. The number of nitrogens with one attached hydrogen (secondary N) is 3. The molecule has 0 bridgehead atoms. The smallest absolute Gasteiger partial charge is 0.272 e. The third kappa shape index (κ3) is 4.26. The van der Waals surface area contributed by atoms with E-state index in [1.54, 1.807) is 12.3 Å². The van der Waals surface area contributed by atoms with Crippen molar-refractivity contribution in [3.05, 3.63) is 70.7 Å². The van der Waals surface area contributed by atoms with E-state index in [2.05, 4.69) is 20.8 Å². The molecule has 1 aliphatic carbocycles. The Morgan fingerprint density at radius 3 is 2.50 bits per heavy atom. The molecule has 2 aromatic carbocycles. The Morgan fingerprint density at radius 2 is 1.80 bits per heavy atom. The molecule has 0 radical (unpaired) electrons. The molecule has 1 fully saturated rings. The predicted molar refractivity (Wildman–Crippen MR) is 119 cm³/mol. The molecule has 0 spiro atoms. The number of H-pyrrole nitrogens is 1. The number of aromatic amines is 1. The van der Waals surface area contributed by atoms with Crippen LogP contribution in [0.5, 0.6) is 0 Å². The van der Waals surface area contributed by atoms with Gasteiger partial charge in [0.1, 0.15) is 0 Å². The first kappa shape index (κ1) is 19.8. The molecule has 154 valence electrons. The van der Waals surface area contributed by atoms with E-state index in [0.29, 0.717) is 28.4 Å². The maximum Gasteiger partial charge on any atom is 0.272 e. The lowest BCUT2D eigenvalue weighted by molar-refractivity contribution is -0.112. The van der Waals surface area contributed by atoms with Gasteiger partial charge in [0.2, 0.25) is 0 Å². The summed E-state index contributed by atoms with van der Waals surface area (Å²) in [5, 5.41) is 14.3. The zero-order valence-corrected chi connectivity index (χ0v) is 16.7. The van der Waals surface area contributed by atoms with E-state index in [4.69, 9.17) is 5.73 Å². The highest BCUT2D eigenvalue weighted by atomic mass is 16.1. The Morgan fingerprint density at radius 1 is 1.10 bits per heavy atom. The van der Waals surface area contributed by atoms with Gasteiger partial charge in [-0.1, -0.05) is 43.2 Å². The summed E-state index contributed by atoms with van der Waals surface area (Å²) >= 11 is 0. The number of amides is 1. The lowest BCUT2D eigenvalue weighted by atomic mass is 10.0. The average molecular weight is 403 g/mol. The van der Waals surface area contributed by atoms with Crippen LogP contribution in [0.4, 0.5) is 5.69 Å². The summed E-state index contributed by atoms with van der Waals surface area (Å²) in [5.41, 5.74) is 8.26. The molecule has 1 heterocycles. The van der Waals surface area contributed by atoms with Gasteiger partial charge in [0.05, 0.1) is 11.1 Å². The molecule has 30 heavy (non-hydrogen) atoms. The Hall–Kier alpha value is -3.45. The van der Waals surface area contributed by atoms with Crippen molar-refractivity contribution in [3.8, 4) is 11.3 Å². The summed E-state index contributed by atoms with van der Waals surface area (Å²) in [6.07, 6.45) is 6.45. The fourth-order valence-electron chi connectivity index (χ4n) is 3.79. The third-order valence-electron chi connectivity index (χ3n) is 5.47. The van der Waals surface area contributed by atoms with E-state index in [-0.39, 0.29) is 18.0 Å². The molecule has 0 unspecified atom stereocenters. The lowest BCUT2D eigenvalue weighted by Gasteiger charge is -2.12. The van der Waals surface area contributed by atoms with Crippen LogP contribution in [0.15, 0.2) is 65.1 Å². The fourth-order valence-corrected chi connectivity index (χ4v) is 3.79. The second kappa shape index (κ2) is 8.92. The zero-order valence-electron chi connectivity index (χ0n) is 16.7. The average Bonchev–Trinajstić information content (AvgIpc) is 3.29. The Labute approximate surface area is 174 Å². The topological polar surface area (TPSA) is 113 Å². The molecule has 5 N–H and O–H groups in total. The summed E-state index contributed by atoms with van der Waals surface area (Å²) in [5.74, 6) is -0.219. The predicted octanol–water partition coefficient (Wildman–Crippen LogP) is 2.90. The van der Waals surface area contributed by atoms with Crippen molar-refractivity contribution in [2.45, 2.75) is 31.7 Å². The van der Waals surface area contributed by atoms with Crippen LogP contribution in [0.2, 0.25) is 0 Å². The van der Waals surface area contributed by atoms with Crippen LogP contribution in [0, 0.1) is 0 Å². The number of benzene rings is 2. The number of aromatic nitrogens is 2. The SMILES string of the molecule is NC/C(=C\NC1CCCC1)C(=O)Nc1ccc(-c2n[nH]c(=O)c3ccccc23)cc1. The summed E-state index contributed by atoms with van der Waals surface area (Å²) in [6, 6.07) is 15.1. The highest BCUT2D eigenvalue weighted by Crippen LogP contribution is 2.25. The number of carbonyl (C=O) groups excluding carboxylic acids is 1. The summed E-state index contributed by atoms with van der Waals surface area (Å²) in [7, 11) is 0. The van der Waals surface area contributed by atoms with Gasteiger partial charge in [-0.2, -0.15) is 5.10 Å². The molecule has 7 heteroatoms. The van der Waals surface area contributed by atoms with Crippen LogP contribution >= 0.6 is 0 Å². The maximum atomic E-state index is 12.6. The molecule has 1 aliphatic rings. The molecule has 0 aliphatic heterocycles. The Balaban J connectivity index is 1.50. The van der Waals surface area contributed by atoms with Gasteiger partial charge in [0, 0.05) is 41.0 Å². The monoisotopic (exact) mass is 403 g/mol. The highest BCUT2D eigenvalue weighted by Gasteiger charge is 2.15. The van der Waals surface area contributed by atoms with Crippen LogP contribution in [0.1, 0.15) is 25.7 Å². The number of hydrogen-bond acceptors (Lipinski definition) is 5. The third-order valence-corrected chi connectivity index (χ3v) is 5.47. The van der Waals surface area contributed by atoms with Crippen molar-refractivity contribution < 1.29 is 4.79 Å². The van der Waals surface area contributed by atoms with E-state index in [1.807, 2.05) is 42.5 Å². The highest BCUT2D eigenvalue weighted by molar-refractivity contribution is 6.04. The van der Waals surface area contributed by atoms with Gasteiger partial charge >= 0.3 is 0 Å². The number of nitrogens with zero attached hydrogens (tertiary/aromatic N) is 1. The lowest BCUT2D eigenvalue weighted by Crippen LogP contribution is -2.26. The zero-order chi connectivity index (χ0) is 20.9. The van der Waals surface area contributed by atoms with Gasteiger partial charge in [0.25, 0.3) is 11.5 Å². The van der Waals surface area contributed by atoms with Crippen LogP contribution in [0.25, 0.3) is 22.0 Å². The van der Waals surface area contributed by atoms with Gasteiger partial charge in [-0.05, 0) is 31.0 Å². The summed E-state index contributed by atoms with van der Waals surface area (Å²) in [6.45, 7) is 0.164. The molecule has 3 aromatic rings. The van der Waals surface area contributed by atoms with Crippen molar-refractivity contribution in [3.63, 3.8) is 0 Å². The molecule has 1 aromatic heterocycles.